The summed E-state index contributed by atoms with van der Waals surface area (Å²) in [6, 6.07) is 14.8. The number of nitrogens with two attached hydrogens (primary N) is 1. The highest BCUT2D eigenvalue weighted by Gasteiger charge is 2.16. The summed E-state index contributed by atoms with van der Waals surface area (Å²) < 4.78 is 27.1. The Morgan fingerprint density at radius 3 is 2.57 bits per heavy atom. The second-order valence-corrected chi connectivity index (χ2v) is 7.49. The first-order valence-corrected chi connectivity index (χ1v) is 8.99. The maximum absolute atomic E-state index is 12.2. The smallest absolute Gasteiger partial charge is 0.240 e. The summed E-state index contributed by atoms with van der Waals surface area (Å²) in [5, 5.41) is 0. The Morgan fingerprint density at radius 2 is 1.86 bits per heavy atom. The number of rotatable bonds is 6. The number of hydrogen-bond acceptors (Lipinski definition) is 4. The van der Waals surface area contributed by atoms with Crippen LogP contribution in [0.5, 0.6) is 0 Å². The van der Waals surface area contributed by atoms with Crippen molar-refractivity contribution in [2.45, 2.75) is 16.7 Å². The fourth-order valence-corrected chi connectivity index (χ4v) is 4.07. The van der Waals surface area contributed by atoms with Gasteiger partial charge in [-0.2, -0.15) is 0 Å². The number of sulfonamides is 1. The highest BCUT2D eigenvalue weighted by molar-refractivity contribution is 7.99. The molecule has 2 rings (SSSR count). The Kier molecular flexibility index (Phi) is 5.27. The van der Waals surface area contributed by atoms with Crippen LogP contribution in [0.2, 0.25) is 0 Å². The van der Waals surface area contributed by atoms with Crippen LogP contribution in [0.1, 0.15) is 5.56 Å². The third-order valence-electron chi connectivity index (χ3n) is 2.91. The van der Waals surface area contributed by atoms with E-state index >= 15 is 0 Å². The molecule has 0 fully saturated rings. The van der Waals surface area contributed by atoms with Gasteiger partial charge in [0.25, 0.3) is 0 Å². The molecule has 2 aromatic carbocycles. The van der Waals surface area contributed by atoms with Gasteiger partial charge in [-0.1, -0.05) is 24.3 Å². The van der Waals surface area contributed by atoms with Crippen molar-refractivity contribution in [2.24, 2.45) is 0 Å². The first-order chi connectivity index (χ1) is 9.99. The maximum atomic E-state index is 12.2. The third kappa shape index (κ3) is 4.49. The molecule has 0 saturated carbocycles. The maximum Gasteiger partial charge on any atom is 0.240 e. The van der Waals surface area contributed by atoms with Crippen molar-refractivity contribution < 1.29 is 8.42 Å². The van der Waals surface area contributed by atoms with E-state index in [0.29, 0.717) is 23.5 Å². The van der Waals surface area contributed by atoms with E-state index < -0.39 is 10.0 Å². The fraction of sp³-hybridized carbons (Fsp3) is 0.200. The molecule has 3 N–H and O–H groups in total. The minimum Gasteiger partial charge on any atom is -0.399 e. The first kappa shape index (κ1) is 15.9. The van der Waals surface area contributed by atoms with E-state index in [9.17, 15) is 8.42 Å². The number of hydrogen-bond donors (Lipinski definition) is 2. The lowest BCUT2D eigenvalue weighted by Crippen LogP contribution is -2.26. The second-order valence-electron chi connectivity index (χ2n) is 4.58. The SMILES string of the molecule is Cc1ccc(N)cc1S(=O)(=O)NCCSc1ccccc1. The van der Waals surface area contributed by atoms with Crippen molar-refractivity contribution in [3.63, 3.8) is 0 Å². The number of aryl methyl sites for hydroxylation is 1. The Balaban J connectivity index is 1.94. The number of anilines is 1. The van der Waals surface area contributed by atoms with Crippen LogP contribution in [0.3, 0.4) is 0 Å². The van der Waals surface area contributed by atoms with Crippen LogP contribution in [0, 0.1) is 6.92 Å². The topological polar surface area (TPSA) is 72.2 Å². The molecular weight excluding hydrogens is 304 g/mol. The highest BCUT2D eigenvalue weighted by Crippen LogP contribution is 2.19. The highest BCUT2D eigenvalue weighted by atomic mass is 32.2. The van der Waals surface area contributed by atoms with Crippen LogP contribution < -0.4 is 10.5 Å². The Labute approximate surface area is 129 Å². The average molecular weight is 322 g/mol. The molecule has 0 heterocycles. The second kappa shape index (κ2) is 6.98. The Morgan fingerprint density at radius 1 is 1.14 bits per heavy atom. The molecule has 0 amide bonds. The molecule has 0 unspecified atom stereocenters. The monoisotopic (exact) mass is 322 g/mol. The zero-order valence-corrected chi connectivity index (χ0v) is 13.4. The molecule has 2 aromatic rings. The summed E-state index contributed by atoms with van der Waals surface area (Å²) >= 11 is 1.61. The van der Waals surface area contributed by atoms with E-state index in [2.05, 4.69) is 4.72 Å². The summed E-state index contributed by atoms with van der Waals surface area (Å²) in [6.45, 7) is 2.13. The lowest BCUT2D eigenvalue weighted by Gasteiger charge is -2.10. The van der Waals surface area contributed by atoms with E-state index in [1.807, 2.05) is 30.3 Å². The Hall–Kier alpha value is -1.50. The molecule has 0 aliphatic carbocycles. The average Bonchev–Trinajstić information content (AvgIpc) is 2.47. The third-order valence-corrected chi connectivity index (χ3v) is 5.52. The lowest BCUT2D eigenvalue weighted by molar-refractivity contribution is 0.583. The fourth-order valence-electron chi connectivity index (χ4n) is 1.85. The van der Waals surface area contributed by atoms with Gasteiger partial charge in [-0.25, -0.2) is 13.1 Å². The molecule has 0 atom stereocenters. The molecule has 0 spiro atoms. The van der Waals surface area contributed by atoms with E-state index in [1.165, 1.54) is 6.07 Å². The standard InChI is InChI=1S/C15H18N2O2S2/c1-12-7-8-13(16)11-15(12)21(18,19)17-9-10-20-14-5-3-2-4-6-14/h2-8,11,17H,9-10,16H2,1H3. The van der Waals surface area contributed by atoms with Crippen LogP contribution in [-0.4, -0.2) is 20.7 Å². The van der Waals surface area contributed by atoms with Crippen LogP contribution in [0.25, 0.3) is 0 Å². The molecular formula is C15H18N2O2S2. The van der Waals surface area contributed by atoms with Crippen LogP contribution in [0.4, 0.5) is 5.69 Å². The predicted octanol–water partition coefficient (Wildman–Crippen LogP) is 2.65. The normalized spacial score (nSPS) is 11.5. The summed E-state index contributed by atoms with van der Waals surface area (Å²) in [4.78, 5) is 1.36. The molecule has 0 bridgehead atoms. The molecule has 0 aliphatic rings. The summed E-state index contributed by atoms with van der Waals surface area (Å²) in [5.74, 6) is 0.671. The van der Waals surface area contributed by atoms with Gasteiger partial charge in [0.05, 0.1) is 4.90 Å². The van der Waals surface area contributed by atoms with Gasteiger partial charge in [-0.05, 0) is 36.8 Å². The van der Waals surface area contributed by atoms with Crippen LogP contribution in [0.15, 0.2) is 58.3 Å². The van der Waals surface area contributed by atoms with Gasteiger partial charge in [0, 0.05) is 22.9 Å². The van der Waals surface area contributed by atoms with Gasteiger partial charge in [0.2, 0.25) is 10.0 Å². The van der Waals surface area contributed by atoms with Gasteiger partial charge in [-0.15, -0.1) is 11.8 Å². The van der Waals surface area contributed by atoms with Crippen LogP contribution >= 0.6 is 11.8 Å². The van der Waals surface area contributed by atoms with E-state index in [1.54, 1.807) is 30.8 Å². The van der Waals surface area contributed by atoms with Crippen molar-refractivity contribution in [1.82, 2.24) is 4.72 Å². The summed E-state index contributed by atoms with van der Waals surface area (Å²) in [7, 11) is -3.51. The predicted molar refractivity (Wildman–Crippen MR) is 87.9 cm³/mol. The summed E-state index contributed by atoms with van der Waals surface area (Å²) in [6.07, 6.45) is 0. The van der Waals surface area contributed by atoms with Crippen molar-refractivity contribution >= 4 is 27.5 Å². The van der Waals surface area contributed by atoms with Gasteiger partial charge in [0.1, 0.15) is 0 Å². The largest absolute Gasteiger partial charge is 0.399 e. The molecule has 0 aromatic heterocycles. The zero-order chi connectivity index (χ0) is 15.3. The van der Waals surface area contributed by atoms with E-state index in [4.69, 9.17) is 5.73 Å². The molecule has 21 heavy (non-hydrogen) atoms. The number of nitrogen functional groups attached to an aromatic ring is 1. The van der Waals surface area contributed by atoms with E-state index in [-0.39, 0.29) is 4.90 Å². The lowest BCUT2D eigenvalue weighted by atomic mass is 10.2. The zero-order valence-electron chi connectivity index (χ0n) is 11.7. The van der Waals surface area contributed by atoms with Gasteiger partial charge < -0.3 is 5.73 Å². The van der Waals surface area contributed by atoms with Gasteiger partial charge >= 0.3 is 0 Å². The minimum absolute atomic E-state index is 0.243. The van der Waals surface area contributed by atoms with Crippen LogP contribution in [-0.2, 0) is 10.0 Å². The Bertz CT molecular complexity index is 701. The molecule has 6 heteroatoms. The van der Waals surface area contributed by atoms with Crippen molar-refractivity contribution in [1.29, 1.82) is 0 Å². The summed E-state index contributed by atoms with van der Waals surface area (Å²) in [5.41, 5.74) is 6.79. The molecule has 112 valence electrons. The molecule has 0 saturated heterocycles. The van der Waals surface area contributed by atoms with Crippen molar-refractivity contribution in [3.05, 3.63) is 54.1 Å². The number of nitrogens with one attached hydrogen (secondary N) is 1. The molecule has 0 aliphatic heterocycles. The van der Waals surface area contributed by atoms with Crippen molar-refractivity contribution in [2.75, 3.05) is 18.0 Å². The van der Waals surface area contributed by atoms with Gasteiger partial charge in [0.15, 0.2) is 0 Å². The van der Waals surface area contributed by atoms with Gasteiger partial charge in [-0.3, -0.25) is 0 Å². The van der Waals surface area contributed by atoms with Crippen molar-refractivity contribution in [3.8, 4) is 0 Å². The number of thioether (sulfide) groups is 1. The molecule has 4 nitrogen and oxygen atoms in total. The minimum atomic E-state index is -3.51. The molecule has 0 radical (unpaired) electrons. The number of benzene rings is 2. The quantitative estimate of drug-likeness (QED) is 0.487. The van der Waals surface area contributed by atoms with E-state index in [0.717, 1.165) is 4.90 Å². The first-order valence-electron chi connectivity index (χ1n) is 6.53.